The molecule has 0 fully saturated rings. The third kappa shape index (κ3) is 1.93. The highest BCUT2D eigenvalue weighted by atomic mass is 19.1. The fraction of sp³-hybridized carbons (Fsp3) is 0.417. The summed E-state index contributed by atoms with van der Waals surface area (Å²) >= 11 is 0. The Balaban J connectivity index is 2.46. The first-order chi connectivity index (χ1) is 7.53. The smallest absolute Gasteiger partial charge is 0.215 e. The summed E-state index contributed by atoms with van der Waals surface area (Å²) in [5.41, 5.74) is 0.827. The van der Waals surface area contributed by atoms with Gasteiger partial charge in [0.25, 0.3) is 0 Å². The number of benzene rings is 1. The summed E-state index contributed by atoms with van der Waals surface area (Å²) in [7, 11) is 0. The zero-order chi connectivity index (χ0) is 11.8. The zero-order valence-electron chi connectivity index (χ0n) is 9.67. The van der Waals surface area contributed by atoms with Crippen LogP contribution in [0, 0.1) is 5.82 Å². The summed E-state index contributed by atoms with van der Waals surface area (Å²) < 4.78 is 18.6. The molecule has 1 aromatic carbocycles. The van der Waals surface area contributed by atoms with E-state index in [1.807, 2.05) is 20.8 Å². The van der Waals surface area contributed by atoms with Gasteiger partial charge in [-0.3, -0.25) is 0 Å². The van der Waals surface area contributed by atoms with Crippen LogP contribution in [0.2, 0.25) is 0 Å². The minimum Gasteiger partial charge on any atom is -0.439 e. The van der Waals surface area contributed by atoms with E-state index in [2.05, 4.69) is 10.3 Å². The predicted molar refractivity (Wildman–Crippen MR) is 60.7 cm³/mol. The molecule has 0 aliphatic heterocycles. The van der Waals surface area contributed by atoms with Crippen LogP contribution in [0.25, 0.3) is 11.1 Å². The highest BCUT2D eigenvalue weighted by molar-refractivity contribution is 5.72. The number of rotatable bonds is 3. The maximum Gasteiger partial charge on any atom is 0.215 e. The fourth-order valence-corrected chi connectivity index (χ4v) is 1.69. The van der Waals surface area contributed by atoms with Crippen LogP contribution < -0.4 is 5.32 Å². The van der Waals surface area contributed by atoms with E-state index < -0.39 is 0 Å². The average Bonchev–Trinajstić information content (AvgIpc) is 2.61. The molecule has 1 heterocycles. The second-order valence-corrected chi connectivity index (χ2v) is 4.29. The standard InChI is InChI=1S/C12H15FN2O/c1-4-14-12(2,3)11-15-9-7-8(13)5-6-10(9)16-11/h5-7,14H,4H2,1-3H3. The van der Waals surface area contributed by atoms with Gasteiger partial charge in [0.2, 0.25) is 5.89 Å². The van der Waals surface area contributed by atoms with E-state index in [1.54, 1.807) is 6.07 Å². The summed E-state index contributed by atoms with van der Waals surface area (Å²) in [5, 5.41) is 3.26. The van der Waals surface area contributed by atoms with Crippen molar-refractivity contribution in [2.24, 2.45) is 0 Å². The third-order valence-electron chi connectivity index (χ3n) is 2.50. The highest BCUT2D eigenvalue weighted by Crippen LogP contribution is 2.24. The van der Waals surface area contributed by atoms with Crippen LogP contribution in [0.5, 0.6) is 0 Å². The van der Waals surface area contributed by atoms with Gasteiger partial charge in [0, 0.05) is 6.07 Å². The van der Waals surface area contributed by atoms with Gasteiger partial charge < -0.3 is 9.73 Å². The number of fused-ring (bicyclic) bond motifs is 1. The Labute approximate surface area is 93.7 Å². The first-order valence-electron chi connectivity index (χ1n) is 5.34. The van der Waals surface area contributed by atoms with Crippen molar-refractivity contribution in [3.8, 4) is 0 Å². The van der Waals surface area contributed by atoms with Crippen LogP contribution in [0.15, 0.2) is 22.6 Å². The van der Waals surface area contributed by atoms with Crippen LogP contribution >= 0.6 is 0 Å². The van der Waals surface area contributed by atoms with E-state index in [1.165, 1.54) is 12.1 Å². The third-order valence-corrected chi connectivity index (χ3v) is 2.50. The molecular weight excluding hydrogens is 207 g/mol. The molecule has 0 atom stereocenters. The molecule has 0 unspecified atom stereocenters. The molecule has 3 nitrogen and oxygen atoms in total. The molecule has 1 N–H and O–H groups in total. The van der Waals surface area contributed by atoms with Crippen molar-refractivity contribution in [2.45, 2.75) is 26.3 Å². The van der Waals surface area contributed by atoms with Gasteiger partial charge in [-0.15, -0.1) is 0 Å². The number of nitrogens with one attached hydrogen (secondary N) is 1. The van der Waals surface area contributed by atoms with Gasteiger partial charge in [-0.2, -0.15) is 0 Å². The van der Waals surface area contributed by atoms with Gasteiger partial charge in [0.15, 0.2) is 5.58 Å². The SMILES string of the molecule is CCNC(C)(C)c1nc2cc(F)ccc2o1. The van der Waals surface area contributed by atoms with Crippen molar-refractivity contribution in [1.82, 2.24) is 10.3 Å². The molecule has 0 bridgehead atoms. The molecule has 4 heteroatoms. The van der Waals surface area contributed by atoms with E-state index in [0.29, 0.717) is 17.0 Å². The van der Waals surface area contributed by atoms with Gasteiger partial charge in [0.05, 0.1) is 5.54 Å². The molecule has 2 aromatic rings. The van der Waals surface area contributed by atoms with E-state index in [0.717, 1.165) is 6.54 Å². The van der Waals surface area contributed by atoms with E-state index >= 15 is 0 Å². The molecule has 0 aliphatic carbocycles. The number of aromatic nitrogens is 1. The topological polar surface area (TPSA) is 38.1 Å². The van der Waals surface area contributed by atoms with E-state index in [9.17, 15) is 4.39 Å². The zero-order valence-corrected chi connectivity index (χ0v) is 9.67. The second-order valence-electron chi connectivity index (χ2n) is 4.29. The monoisotopic (exact) mass is 222 g/mol. The summed E-state index contributed by atoms with van der Waals surface area (Å²) in [6.45, 7) is 6.80. The van der Waals surface area contributed by atoms with E-state index in [-0.39, 0.29) is 11.4 Å². The predicted octanol–water partition coefficient (Wildman–Crippen LogP) is 2.81. The maximum atomic E-state index is 13.0. The number of oxazole rings is 1. The number of nitrogens with zero attached hydrogens (tertiary/aromatic N) is 1. The Morgan fingerprint density at radius 2 is 2.19 bits per heavy atom. The van der Waals surface area contributed by atoms with Crippen molar-refractivity contribution in [3.05, 3.63) is 29.9 Å². The van der Waals surface area contributed by atoms with Crippen LogP contribution in [0.3, 0.4) is 0 Å². The van der Waals surface area contributed by atoms with Crippen molar-refractivity contribution in [1.29, 1.82) is 0 Å². The van der Waals surface area contributed by atoms with Gasteiger partial charge in [-0.1, -0.05) is 6.92 Å². The molecule has 0 radical (unpaired) electrons. The summed E-state index contributed by atoms with van der Waals surface area (Å²) in [4.78, 5) is 4.29. The van der Waals surface area contributed by atoms with Gasteiger partial charge in [-0.05, 0) is 32.5 Å². The molecule has 0 saturated heterocycles. The lowest BCUT2D eigenvalue weighted by Crippen LogP contribution is -2.36. The first kappa shape index (κ1) is 11.1. The lowest BCUT2D eigenvalue weighted by atomic mass is 10.1. The molecule has 0 aliphatic rings. The molecule has 86 valence electrons. The van der Waals surface area contributed by atoms with Gasteiger partial charge >= 0.3 is 0 Å². The lowest BCUT2D eigenvalue weighted by molar-refractivity contribution is 0.323. The summed E-state index contributed by atoms with van der Waals surface area (Å²) in [5.74, 6) is 0.281. The average molecular weight is 222 g/mol. The quantitative estimate of drug-likeness (QED) is 0.867. The van der Waals surface area contributed by atoms with Crippen molar-refractivity contribution in [3.63, 3.8) is 0 Å². The number of halogens is 1. The summed E-state index contributed by atoms with van der Waals surface area (Å²) in [6, 6.07) is 4.35. The highest BCUT2D eigenvalue weighted by Gasteiger charge is 2.25. The van der Waals surface area contributed by atoms with Crippen molar-refractivity contribution in [2.75, 3.05) is 6.54 Å². The van der Waals surface area contributed by atoms with Crippen LogP contribution in [0.4, 0.5) is 4.39 Å². The molecule has 0 spiro atoms. The van der Waals surface area contributed by atoms with Crippen molar-refractivity contribution < 1.29 is 8.81 Å². The lowest BCUT2D eigenvalue weighted by Gasteiger charge is -2.21. The Morgan fingerprint density at radius 3 is 2.88 bits per heavy atom. The molecule has 16 heavy (non-hydrogen) atoms. The summed E-state index contributed by atoms with van der Waals surface area (Å²) in [6.07, 6.45) is 0. The number of hydrogen-bond donors (Lipinski definition) is 1. The van der Waals surface area contributed by atoms with Crippen molar-refractivity contribution >= 4 is 11.1 Å². The first-order valence-corrected chi connectivity index (χ1v) is 5.34. The molecule has 0 amide bonds. The number of hydrogen-bond acceptors (Lipinski definition) is 3. The van der Waals surface area contributed by atoms with Gasteiger partial charge in [0.1, 0.15) is 11.3 Å². The molecule has 1 aromatic heterocycles. The molecule has 0 saturated carbocycles. The van der Waals surface area contributed by atoms with Crippen LogP contribution in [-0.4, -0.2) is 11.5 Å². The minimum absolute atomic E-state index is 0.298. The second kappa shape index (κ2) is 3.87. The Bertz CT molecular complexity index is 505. The van der Waals surface area contributed by atoms with Crippen LogP contribution in [-0.2, 0) is 5.54 Å². The molecular formula is C12H15FN2O. The largest absolute Gasteiger partial charge is 0.439 e. The Morgan fingerprint density at radius 1 is 1.44 bits per heavy atom. The van der Waals surface area contributed by atoms with E-state index in [4.69, 9.17) is 4.42 Å². The maximum absolute atomic E-state index is 13.0. The molecule has 2 rings (SSSR count). The Kier molecular flexibility index (Phi) is 2.68. The fourth-order valence-electron chi connectivity index (χ4n) is 1.69. The van der Waals surface area contributed by atoms with Crippen LogP contribution in [0.1, 0.15) is 26.7 Å². The Hall–Kier alpha value is -1.42. The minimum atomic E-state index is -0.343. The normalized spacial score (nSPS) is 12.2. The van der Waals surface area contributed by atoms with Gasteiger partial charge in [-0.25, -0.2) is 9.37 Å².